The van der Waals surface area contributed by atoms with Crippen molar-refractivity contribution in [2.24, 2.45) is 0 Å². The van der Waals surface area contributed by atoms with Gasteiger partial charge < -0.3 is 5.11 Å². The second kappa shape index (κ2) is 4.54. The average Bonchev–Trinajstić information content (AvgIpc) is 2.78. The quantitative estimate of drug-likeness (QED) is 0.737. The Morgan fingerprint density at radius 3 is 2.65 bits per heavy atom. The standard InChI is InChI=1S/C14H13ClN4O/c1-14(2,20)12-9-5-3-4-6-10(9)19(18-12)11-7-8-16-13(15)17-11/h3-8,20H,1-2H3. The molecule has 0 aliphatic carbocycles. The van der Waals surface area contributed by atoms with E-state index in [0.717, 1.165) is 10.9 Å². The largest absolute Gasteiger partial charge is 0.384 e. The Hall–Kier alpha value is -1.98. The summed E-state index contributed by atoms with van der Waals surface area (Å²) in [5, 5.41) is 15.8. The molecule has 0 amide bonds. The van der Waals surface area contributed by atoms with Crippen LogP contribution in [0.4, 0.5) is 0 Å². The van der Waals surface area contributed by atoms with Gasteiger partial charge in [-0.15, -0.1) is 0 Å². The SMILES string of the molecule is CC(C)(O)c1nn(-c2ccnc(Cl)n2)c2ccccc12. The van der Waals surface area contributed by atoms with E-state index >= 15 is 0 Å². The number of fused-ring (bicyclic) bond motifs is 1. The highest BCUT2D eigenvalue weighted by Gasteiger charge is 2.24. The lowest BCUT2D eigenvalue weighted by atomic mass is 10.0. The summed E-state index contributed by atoms with van der Waals surface area (Å²) < 4.78 is 1.66. The number of hydrogen-bond donors (Lipinski definition) is 1. The van der Waals surface area contributed by atoms with E-state index in [9.17, 15) is 5.11 Å². The Bertz CT molecular complexity index is 776. The Labute approximate surface area is 120 Å². The molecule has 102 valence electrons. The van der Waals surface area contributed by atoms with E-state index in [0.29, 0.717) is 11.5 Å². The van der Waals surface area contributed by atoms with Crippen LogP contribution in [0.2, 0.25) is 5.28 Å². The normalized spacial score (nSPS) is 12.0. The van der Waals surface area contributed by atoms with E-state index in [1.165, 1.54) is 0 Å². The number of rotatable bonds is 2. The van der Waals surface area contributed by atoms with Crippen molar-refractivity contribution in [2.45, 2.75) is 19.4 Å². The molecule has 0 saturated carbocycles. The smallest absolute Gasteiger partial charge is 0.224 e. The molecular weight excluding hydrogens is 276 g/mol. The number of benzene rings is 1. The third-order valence-electron chi connectivity index (χ3n) is 3.00. The van der Waals surface area contributed by atoms with Gasteiger partial charge in [0.25, 0.3) is 0 Å². The van der Waals surface area contributed by atoms with Gasteiger partial charge in [-0.1, -0.05) is 18.2 Å². The summed E-state index contributed by atoms with van der Waals surface area (Å²) in [6, 6.07) is 9.40. The Morgan fingerprint density at radius 2 is 1.95 bits per heavy atom. The van der Waals surface area contributed by atoms with Gasteiger partial charge in [0, 0.05) is 17.6 Å². The van der Waals surface area contributed by atoms with Crippen molar-refractivity contribution in [1.29, 1.82) is 0 Å². The molecule has 1 N–H and O–H groups in total. The molecule has 0 bridgehead atoms. The van der Waals surface area contributed by atoms with Crippen molar-refractivity contribution in [3.05, 3.63) is 47.5 Å². The van der Waals surface area contributed by atoms with Gasteiger partial charge in [-0.2, -0.15) is 10.1 Å². The predicted octanol–water partition coefficient (Wildman–Crippen LogP) is 2.70. The summed E-state index contributed by atoms with van der Waals surface area (Å²) in [6.45, 7) is 3.41. The summed E-state index contributed by atoms with van der Waals surface area (Å²) in [7, 11) is 0. The zero-order valence-corrected chi connectivity index (χ0v) is 11.8. The van der Waals surface area contributed by atoms with Gasteiger partial charge >= 0.3 is 0 Å². The van der Waals surface area contributed by atoms with Crippen LogP contribution >= 0.6 is 11.6 Å². The van der Waals surface area contributed by atoms with Gasteiger partial charge in [-0.05, 0) is 31.5 Å². The lowest BCUT2D eigenvalue weighted by molar-refractivity contribution is 0.0749. The third-order valence-corrected chi connectivity index (χ3v) is 3.18. The first-order valence-electron chi connectivity index (χ1n) is 6.16. The van der Waals surface area contributed by atoms with E-state index in [1.807, 2.05) is 24.3 Å². The Balaban J connectivity index is 2.32. The molecule has 0 spiro atoms. The van der Waals surface area contributed by atoms with Gasteiger partial charge in [-0.25, -0.2) is 9.67 Å². The van der Waals surface area contributed by atoms with Crippen molar-refractivity contribution in [1.82, 2.24) is 19.7 Å². The van der Waals surface area contributed by atoms with Crippen LogP contribution in [0, 0.1) is 0 Å². The van der Waals surface area contributed by atoms with Gasteiger partial charge in [0.05, 0.1) is 5.52 Å². The van der Waals surface area contributed by atoms with E-state index in [4.69, 9.17) is 11.6 Å². The van der Waals surface area contributed by atoms with Crippen LogP contribution in [0.25, 0.3) is 16.7 Å². The van der Waals surface area contributed by atoms with Crippen LogP contribution in [0.1, 0.15) is 19.5 Å². The molecule has 0 radical (unpaired) electrons. The first kappa shape index (κ1) is 13.0. The van der Waals surface area contributed by atoms with Crippen molar-refractivity contribution >= 4 is 22.5 Å². The molecule has 0 unspecified atom stereocenters. The van der Waals surface area contributed by atoms with Crippen molar-refractivity contribution in [3.8, 4) is 5.82 Å². The number of nitrogens with zero attached hydrogens (tertiary/aromatic N) is 4. The topological polar surface area (TPSA) is 63.8 Å². The minimum Gasteiger partial charge on any atom is -0.384 e. The van der Waals surface area contributed by atoms with Gasteiger partial charge in [-0.3, -0.25) is 0 Å². The van der Waals surface area contributed by atoms with Crippen LogP contribution in [0.3, 0.4) is 0 Å². The van der Waals surface area contributed by atoms with E-state index in [1.54, 1.807) is 30.8 Å². The summed E-state index contributed by atoms with van der Waals surface area (Å²) in [6.07, 6.45) is 1.57. The maximum Gasteiger partial charge on any atom is 0.224 e. The van der Waals surface area contributed by atoms with Crippen LogP contribution in [0.5, 0.6) is 0 Å². The van der Waals surface area contributed by atoms with Crippen LogP contribution < -0.4 is 0 Å². The molecule has 0 aliphatic rings. The first-order valence-corrected chi connectivity index (χ1v) is 6.54. The maximum atomic E-state index is 10.3. The van der Waals surface area contributed by atoms with Crippen LogP contribution in [-0.4, -0.2) is 24.9 Å². The van der Waals surface area contributed by atoms with Crippen molar-refractivity contribution in [3.63, 3.8) is 0 Å². The van der Waals surface area contributed by atoms with Gasteiger partial charge in [0.2, 0.25) is 5.28 Å². The first-order chi connectivity index (χ1) is 9.47. The second-order valence-corrected chi connectivity index (χ2v) is 5.36. The number of halogens is 1. The summed E-state index contributed by atoms with van der Waals surface area (Å²) in [5.41, 5.74) is 0.420. The van der Waals surface area contributed by atoms with Crippen LogP contribution in [-0.2, 0) is 5.60 Å². The molecule has 3 rings (SSSR count). The molecule has 0 atom stereocenters. The highest BCUT2D eigenvalue weighted by molar-refractivity contribution is 6.28. The average molecular weight is 289 g/mol. The second-order valence-electron chi connectivity index (χ2n) is 5.02. The molecular formula is C14H13ClN4O. The molecule has 20 heavy (non-hydrogen) atoms. The zero-order chi connectivity index (χ0) is 14.3. The molecule has 0 fully saturated rings. The number of aromatic nitrogens is 4. The Morgan fingerprint density at radius 1 is 1.20 bits per heavy atom. The van der Waals surface area contributed by atoms with E-state index in [2.05, 4.69) is 15.1 Å². The zero-order valence-electron chi connectivity index (χ0n) is 11.1. The van der Waals surface area contributed by atoms with Gasteiger partial charge in [0.1, 0.15) is 11.3 Å². The molecule has 0 aliphatic heterocycles. The Kier molecular flexibility index (Phi) is 2.96. The molecule has 1 aromatic carbocycles. The van der Waals surface area contributed by atoms with Crippen molar-refractivity contribution < 1.29 is 5.11 Å². The predicted molar refractivity (Wildman–Crippen MR) is 76.9 cm³/mol. The lowest BCUT2D eigenvalue weighted by Gasteiger charge is -2.14. The summed E-state index contributed by atoms with van der Waals surface area (Å²) in [5.74, 6) is 0.566. The highest BCUT2D eigenvalue weighted by atomic mass is 35.5. The third kappa shape index (κ3) is 2.15. The molecule has 2 heterocycles. The molecule has 6 heteroatoms. The molecule has 5 nitrogen and oxygen atoms in total. The number of hydrogen-bond acceptors (Lipinski definition) is 4. The van der Waals surface area contributed by atoms with Crippen molar-refractivity contribution in [2.75, 3.05) is 0 Å². The lowest BCUT2D eigenvalue weighted by Crippen LogP contribution is -2.17. The molecule has 0 saturated heterocycles. The summed E-state index contributed by atoms with van der Waals surface area (Å²) >= 11 is 5.83. The highest BCUT2D eigenvalue weighted by Crippen LogP contribution is 2.28. The fraction of sp³-hybridized carbons (Fsp3) is 0.214. The number of para-hydroxylation sites is 1. The number of aliphatic hydroxyl groups is 1. The molecule has 2 aromatic heterocycles. The minimum atomic E-state index is -1.04. The fourth-order valence-electron chi connectivity index (χ4n) is 2.14. The maximum absolute atomic E-state index is 10.3. The fourth-order valence-corrected chi connectivity index (χ4v) is 2.28. The summed E-state index contributed by atoms with van der Waals surface area (Å²) in [4.78, 5) is 8.03. The molecule has 3 aromatic rings. The van der Waals surface area contributed by atoms with E-state index < -0.39 is 5.60 Å². The minimum absolute atomic E-state index is 0.159. The van der Waals surface area contributed by atoms with E-state index in [-0.39, 0.29) is 5.28 Å². The monoisotopic (exact) mass is 288 g/mol. The van der Waals surface area contributed by atoms with Gasteiger partial charge in [0.15, 0.2) is 5.82 Å². The van der Waals surface area contributed by atoms with Crippen LogP contribution in [0.15, 0.2) is 36.5 Å².